The van der Waals surface area contributed by atoms with Gasteiger partial charge in [0.1, 0.15) is 12.4 Å². The minimum atomic E-state index is -0.578. The fourth-order valence-corrected chi connectivity index (χ4v) is 4.13. The van der Waals surface area contributed by atoms with Gasteiger partial charge in [0, 0.05) is 19.0 Å². The number of nitrogens with zero attached hydrogens (tertiary/aromatic N) is 2. The van der Waals surface area contributed by atoms with Gasteiger partial charge in [0.05, 0.1) is 11.6 Å². The van der Waals surface area contributed by atoms with E-state index in [2.05, 4.69) is 11.5 Å². The van der Waals surface area contributed by atoms with Gasteiger partial charge in [-0.05, 0) is 43.6 Å². The van der Waals surface area contributed by atoms with E-state index in [1.807, 2.05) is 24.3 Å². The molecule has 1 amide bonds. The summed E-state index contributed by atoms with van der Waals surface area (Å²) < 4.78 is 5.55. The number of hydrogen-bond acceptors (Lipinski definition) is 5. The second-order valence-corrected chi connectivity index (χ2v) is 8.25. The number of aliphatic hydroxyl groups is 1. The third kappa shape index (κ3) is 4.75. The van der Waals surface area contributed by atoms with E-state index >= 15 is 0 Å². The third-order valence-corrected chi connectivity index (χ3v) is 5.76. The highest BCUT2D eigenvalue weighted by molar-refractivity contribution is 6.09. The lowest BCUT2D eigenvalue weighted by atomic mass is 9.91. The molecular formula is C24H32N2O4. The summed E-state index contributed by atoms with van der Waals surface area (Å²) in [5.41, 5.74) is 0.995. The topological polar surface area (TPSA) is 70.1 Å². The minimum Gasteiger partial charge on any atom is -0.503 e. The minimum absolute atomic E-state index is 0.196. The number of ether oxygens (including phenoxy) is 1. The van der Waals surface area contributed by atoms with Gasteiger partial charge in [-0.3, -0.25) is 9.59 Å². The number of amides is 1. The van der Waals surface area contributed by atoms with Gasteiger partial charge in [0.15, 0.2) is 11.5 Å². The van der Waals surface area contributed by atoms with Crippen LogP contribution in [0.25, 0.3) is 0 Å². The zero-order valence-corrected chi connectivity index (χ0v) is 18.0. The molecule has 1 N–H and O–H groups in total. The Balaban J connectivity index is 1.87. The molecule has 1 fully saturated rings. The van der Waals surface area contributed by atoms with Crippen LogP contribution < -0.4 is 4.74 Å². The first-order valence-corrected chi connectivity index (χ1v) is 10.8. The molecule has 6 heteroatoms. The zero-order valence-electron chi connectivity index (χ0n) is 18.0. The van der Waals surface area contributed by atoms with Gasteiger partial charge < -0.3 is 19.6 Å². The van der Waals surface area contributed by atoms with Crippen LogP contribution in [0.3, 0.4) is 0 Å². The highest BCUT2D eigenvalue weighted by Gasteiger charge is 2.43. The largest absolute Gasteiger partial charge is 0.503 e. The Morgan fingerprint density at radius 1 is 1.20 bits per heavy atom. The Kier molecular flexibility index (Phi) is 7.32. The second-order valence-electron chi connectivity index (χ2n) is 8.25. The molecule has 1 saturated heterocycles. The number of piperidine rings is 1. The molecular weight excluding hydrogens is 380 g/mol. The van der Waals surface area contributed by atoms with Gasteiger partial charge >= 0.3 is 0 Å². The van der Waals surface area contributed by atoms with E-state index in [1.165, 1.54) is 19.3 Å². The van der Waals surface area contributed by atoms with E-state index in [1.54, 1.807) is 24.8 Å². The van der Waals surface area contributed by atoms with E-state index in [4.69, 9.17) is 4.74 Å². The normalized spacial score (nSPS) is 20.2. The molecule has 0 bridgehead atoms. The van der Waals surface area contributed by atoms with Crippen molar-refractivity contribution in [2.24, 2.45) is 5.92 Å². The smallest absolute Gasteiger partial charge is 0.290 e. The van der Waals surface area contributed by atoms with Crippen LogP contribution in [-0.4, -0.2) is 59.4 Å². The molecule has 1 aromatic carbocycles. The Morgan fingerprint density at radius 3 is 2.47 bits per heavy atom. The molecule has 0 aliphatic carbocycles. The Hall–Kier alpha value is -2.60. The van der Waals surface area contributed by atoms with Gasteiger partial charge in [-0.15, -0.1) is 0 Å². The summed E-state index contributed by atoms with van der Waals surface area (Å²) in [5, 5.41) is 10.6. The first-order valence-electron chi connectivity index (χ1n) is 10.8. The second kappa shape index (κ2) is 9.94. The van der Waals surface area contributed by atoms with E-state index in [9.17, 15) is 14.7 Å². The van der Waals surface area contributed by atoms with Crippen molar-refractivity contribution in [1.82, 2.24) is 9.80 Å². The number of aliphatic hydroxyl groups excluding tert-OH is 1. The van der Waals surface area contributed by atoms with E-state index in [-0.39, 0.29) is 17.3 Å². The van der Waals surface area contributed by atoms with E-state index < -0.39 is 17.7 Å². The maximum atomic E-state index is 12.9. The van der Waals surface area contributed by atoms with Crippen molar-refractivity contribution in [1.29, 1.82) is 0 Å². The molecule has 2 aliphatic heterocycles. The molecule has 0 saturated carbocycles. The Morgan fingerprint density at radius 2 is 1.87 bits per heavy atom. The number of benzene rings is 1. The van der Waals surface area contributed by atoms with E-state index in [0.717, 1.165) is 25.2 Å². The zero-order chi connectivity index (χ0) is 21.7. The molecule has 2 aliphatic rings. The Labute approximate surface area is 178 Å². The van der Waals surface area contributed by atoms with Crippen LogP contribution in [0.15, 0.2) is 48.3 Å². The summed E-state index contributed by atoms with van der Waals surface area (Å²) in [7, 11) is 0. The van der Waals surface area contributed by atoms with Crippen LogP contribution in [0.5, 0.6) is 5.75 Å². The SMILES string of the molecule is C=CCOc1ccc(C2C(C(=O)C(C)C)=C(O)C(=O)N2CCN2CCCCC2)cc1. The van der Waals surface area contributed by atoms with Crippen LogP contribution in [0.1, 0.15) is 44.7 Å². The molecule has 1 aromatic rings. The quantitative estimate of drug-likeness (QED) is 0.627. The fourth-order valence-electron chi connectivity index (χ4n) is 4.13. The number of likely N-dealkylation sites (tertiary alicyclic amines) is 1. The summed E-state index contributed by atoms with van der Waals surface area (Å²) in [6.07, 6.45) is 5.26. The lowest BCUT2D eigenvalue weighted by molar-refractivity contribution is -0.129. The maximum Gasteiger partial charge on any atom is 0.290 e. The molecule has 1 atom stereocenters. The number of Topliss-reactive ketones (excluding diaryl/α,β-unsaturated/α-hetero) is 1. The van der Waals surface area contributed by atoms with Crippen molar-refractivity contribution in [3.05, 3.63) is 53.8 Å². The molecule has 0 aromatic heterocycles. The fraction of sp³-hybridized carbons (Fsp3) is 0.500. The average Bonchev–Trinajstić information content (AvgIpc) is 3.01. The molecule has 162 valence electrons. The lowest BCUT2D eigenvalue weighted by Gasteiger charge is -2.32. The van der Waals surface area contributed by atoms with Crippen molar-refractivity contribution in [2.75, 3.05) is 32.8 Å². The summed E-state index contributed by atoms with van der Waals surface area (Å²) in [6, 6.07) is 6.77. The lowest BCUT2D eigenvalue weighted by Crippen LogP contribution is -2.40. The third-order valence-electron chi connectivity index (χ3n) is 5.76. The molecule has 2 heterocycles. The molecule has 1 unspecified atom stereocenters. The monoisotopic (exact) mass is 412 g/mol. The van der Waals surface area contributed by atoms with Crippen molar-refractivity contribution in [3.8, 4) is 5.75 Å². The Bertz CT molecular complexity index is 807. The van der Waals surface area contributed by atoms with Crippen LogP contribution in [-0.2, 0) is 9.59 Å². The van der Waals surface area contributed by atoms with Crippen molar-refractivity contribution < 1.29 is 19.4 Å². The first kappa shape index (κ1) is 22.1. The summed E-state index contributed by atoms with van der Waals surface area (Å²) >= 11 is 0. The van der Waals surface area contributed by atoms with Gasteiger partial charge in [-0.2, -0.15) is 0 Å². The maximum absolute atomic E-state index is 12.9. The highest BCUT2D eigenvalue weighted by atomic mass is 16.5. The van der Waals surface area contributed by atoms with E-state index in [0.29, 0.717) is 18.9 Å². The number of hydrogen-bond donors (Lipinski definition) is 1. The standard InChI is InChI=1S/C24H32N2O4/c1-4-16-30-19-10-8-18(9-11-19)21-20(22(27)17(2)3)23(28)24(29)26(21)15-14-25-12-6-5-7-13-25/h4,8-11,17,21,28H,1,5-7,12-16H2,2-3H3. The number of carbonyl (C=O) groups is 2. The molecule has 6 nitrogen and oxygen atoms in total. The van der Waals surface area contributed by atoms with Crippen molar-refractivity contribution in [2.45, 2.75) is 39.2 Å². The average molecular weight is 413 g/mol. The number of carbonyl (C=O) groups excluding carboxylic acids is 2. The van der Waals surface area contributed by atoms with Crippen molar-refractivity contribution in [3.63, 3.8) is 0 Å². The predicted molar refractivity (Wildman–Crippen MR) is 116 cm³/mol. The summed E-state index contributed by atoms with van der Waals surface area (Å²) in [5.74, 6) is -0.696. The van der Waals surface area contributed by atoms with Gasteiger partial charge in [0.25, 0.3) is 5.91 Å². The first-order chi connectivity index (χ1) is 14.4. The van der Waals surface area contributed by atoms with Crippen LogP contribution in [0.2, 0.25) is 0 Å². The van der Waals surface area contributed by atoms with Gasteiger partial charge in [-0.25, -0.2) is 0 Å². The highest BCUT2D eigenvalue weighted by Crippen LogP contribution is 2.39. The molecule has 3 rings (SSSR count). The number of rotatable bonds is 9. The number of ketones is 1. The molecule has 30 heavy (non-hydrogen) atoms. The molecule has 0 spiro atoms. The van der Waals surface area contributed by atoms with Crippen LogP contribution in [0, 0.1) is 5.92 Å². The molecule has 0 radical (unpaired) electrons. The summed E-state index contributed by atoms with van der Waals surface area (Å²) in [4.78, 5) is 29.8. The van der Waals surface area contributed by atoms with Gasteiger partial charge in [0.2, 0.25) is 0 Å². The van der Waals surface area contributed by atoms with Crippen LogP contribution >= 0.6 is 0 Å². The van der Waals surface area contributed by atoms with Crippen LogP contribution in [0.4, 0.5) is 0 Å². The van der Waals surface area contributed by atoms with Gasteiger partial charge in [-0.1, -0.05) is 45.1 Å². The van der Waals surface area contributed by atoms with Crippen molar-refractivity contribution >= 4 is 11.7 Å². The predicted octanol–water partition coefficient (Wildman–Crippen LogP) is 3.66. The summed E-state index contributed by atoms with van der Waals surface area (Å²) in [6.45, 7) is 10.9.